The highest BCUT2D eigenvalue weighted by Crippen LogP contribution is 2.68. The van der Waals surface area contributed by atoms with Crippen molar-refractivity contribution in [2.45, 2.75) is 5.41 Å². The molecule has 5 nitrogen and oxygen atoms in total. The van der Waals surface area contributed by atoms with E-state index in [9.17, 15) is 0 Å². The monoisotopic (exact) mass is 885 g/mol. The Morgan fingerprint density at radius 3 is 1.38 bits per heavy atom. The van der Waals surface area contributed by atoms with Crippen LogP contribution in [0.15, 0.2) is 221 Å². The Labute approximate surface area is 394 Å². The van der Waals surface area contributed by atoms with E-state index in [4.69, 9.17) is 23.8 Å². The highest BCUT2D eigenvalue weighted by atomic mass is 32.1. The lowest BCUT2D eigenvalue weighted by Crippen LogP contribution is -2.26. The summed E-state index contributed by atoms with van der Waals surface area (Å²) >= 11 is 1.90. The molecule has 0 radical (unpaired) electrons. The molecule has 1 atom stereocenters. The number of nitrogens with zero attached hydrogens (tertiary/aromatic N) is 3. The summed E-state index contributed by atoms with van der Waals surface area (Å²) in [4.78, 5) is 18.7. The number of para-hydroxylation sites is 2. The Bertz CT molecular complexity index is 4090. The number of rotatable bonds is 5. The molecule has 4 aromatic heterocycles. The van der Waals surface area contributed by atoms with Gasteiger partial charge >= 0.3 is 0 Å². The van der Waals surface area contributed by atoms with Crippen LogP contribution >= 0.6 is 11.3 Å². The minimum absolute atomic E-state index is 0.556. The number of hydrogen-bond acceptors (Lipinski definition) is 6. The largest absolute Gasteiger partial charge is 0.456 e. The van der Waals surface area contributed by atoms with E-state index in [1.54, 1.807) is 0 Å². The normalized spacial score (nSPS) is 14.5. The topological polar surface area (TPSA) is 65.0 Å². The fraction of sp³-hybridized carbons (Fsp3) is 0.0161. The lowest BCUT2D eigenvalue weighted by Gasteiger charge is -2.31. The van der Waals surface area contributed by atoms with Gasteiger partial charge in [0, 0.05) is 53.6 Å². The van der Waals surface area contributed by atoms with Gasteiger partial charge in [-0.25, -0.2) is 15.0 Å². The van der Waals surface area contributed by atoms with E-state index >= 15 is 0 Å². The summed E-state index contributed by atoms with van der Waals surface area (Å²) in [5.74, 6) is 1.70. The average Bonchev–Trinajstić information content (AvgIpc) is 4.21. The second-order valence-corrected chi connectivity index (χ2v) is 18.8. The Kier molecular flexibility index (Phi) is 7.80. The van der Waals surface area contributed by atoms with E-state index in [0.29, 0.717) is 17.5 Å². The molecule has 0 saturated heterocycles. The SMILES string of the molecule is c1ccc(-c2sc(-c3ccccc3)c3c2-c2ccccc2C32c3ccccc3-c3c(-c4nc(-c5ccc6c(c5)oc5ccccc56)nc(-c5ccc6c(c5)oc5ccccc56)n4)cccc32)cc1. The molecule has 0 amide bonds. The smallest absolute Gasteiger partial charge is 0.164 e. The molecular formula is C62H35N3O2S. The van der Waals surface area contributed by atoms with Crippen LogP contribution in [0.4, 0.5) is 0 Å². The van der Waals surface area contributed by atoms with Crippen molar-refractivity contribution in [2.75, 3.05) is 0 Å². The number of benzene rings is 9. The van der Waals surface area contributed by atoms with E-state index in [2.05, 4.69) is 176 Å². The maximum absolute atomic E-state index is 6.42. The van der Waals surface area contributed by atoms with Gasteiger partial charge in [0.15, 0.2) is 17.5 Å². The molecule has 1 spiro atoms. The van der Waals surface area contributed by atoms with Gasteiger partial charge in [-0.15, -0.1) is 11.3 Å². The Balaban J connectivity index is 1.01. The highest BCUT2D eigenvalue weighted by molar-refractivity contribution is 7.19. The molecule has 0 saturated carbocycles. The fourth-order valence-corrected chi connectivity index (χ4v) is 12.7. The quantitative estimate of drug-likeness (QED) is 0.172. The van der Waals surface area contributed by atoms with E-state index in [1.807, 2.05) is 47.7 Å². The van der Waals surface area contributed by atoms with Gasteiger partial charge in [-0.1, -0.05) is 176 Å². The Morgan fingerprint density at radius 1 is 0.324 bits per heavy atom. The minimum atomic E-state index is -0.625. The molecule has 6 heteroatoms. The summed E-state index contributed by atoms with van der Waals surface area (Å²) in [5.41, 5.74) is 17.6. The van der Waals surface area contributed by atoms with E-state index in [1.165, 1.54) is 59.8 Å². The zero-order valence-corrected chi connectivity index (χ0v) is 37.1. The van der Waals surface area contributed by atoms with Crippen LogP contribution in [0, 0.1) is 0 Å². The number of furan rings is 2. The van der Waals surface area contributed by atoms with Gasteiger partial charge < -0.3 is 8.83 Å². The lowest BCUT2D eigenvalue weighted by atomic mass is 9.70. The van der Waals surface area contributed by atoms with Crippen LogP contribution < -0.4 is 0 Å². The maximum atomic E-state index is 6.42. The zero-order chi connectivity index (χ0) is 44.5. The molecule has 0 fully saturated rings. The molecule has 1 unspecified atom stereocenters. The van der Waals surface area contributed by atoms with Crippen LogP contribution in [0.1, 0.15) is 22.3 Å². The predicted octanol–water partition coefficient (Wildman–Crippen LogP) is 16.4. The van der Waals surface area contributed by atoms with Gasteiger partial charge in [0.2, 0.25) is 0 Å². The first-order chi connectivity index (χ1) is 33.7. The first-order valence-corrected chi connectivity index (χ1v) is 23.7. The molecule has 15 rings (SSSR count). The molecular weight excluding hydrogens is 851 g/mol. The summed E-state index contributed by atoms with van der Waals surface area (Å²) in [6.07, 6.45) is 0. The van der Waals surface area contributed by atoms with Crippen LogP contribution in [0.3, 0.4) is 0 Å². The second kappa shape index (κ2) is 14.1. The second-order valence-electron chi connectivity index (χ2n) is 17.7. The van der Waals surface area contributed by atoms with Gasteiger partial charge in [0.1, 0.15) is 22.3 Å². The predicted molar refractivity (Wildman–Crippen MR) is 276 cm³/mol. The summed E-state index contributed by atoms with van der Waals surface area (Å²) in [5, 5.41) is 4.25. The van der Waals surface area contributed by atoms with Gasteiger partial charge in [-0.05, 0) is 86.5 Å². The molecule has 2 aliphatic carbocycles. The third kappa shape index (κ3) is 5.18. The highest BCUT2D eigenvalue weighted by Gasteiger charge is 2.55. The van der Waals surface area contributed by atoms with Crippen LogP contribution in [0.25, 0.3) is 121 Å². The average molecular weight is 886 g/mol. The van der Waals surface area contributed by atoms with Gasteiger partial charge in [-0.3, -0.25) is 0 Å². The van der Waals surface area contributed by atoms with Gasteiger partial charge in [0.25, 0.3) is 0 Å². The number of thiophene rings is 1. The molecule has 68 heavy (non-hydrogen) atoms. The van der Waals surface area contributed by atoms with E-state index in [0.717, 1.165) is 66.1 Å². The van der Waals surface area contributed by atoms with Crippen LogP contribution in [0.2, 0.25) is 0 Å². The van der Waals surface area contributed by atoms with Crippen molar-refractivity contribution < 1.29 is 8.83 Å². The third-order valence-corrected chi connectivity index (χ3v) is 15.5. The summed E-state index contributed by atoms with van der Waals surface area (Å²) in [6.45, 7) is 0. The molecule has 0 aliphatic heterocycles. The Morgan fingerprint density at radius 2 is 0.779 bits per heavy atom. The third-order valence-electron chi connectivity index (χ3n) is 14.2. The minimum Gasteiger partial charge on any atom is -0.456 e. The molecule has 0 bridgehead atoms. The van der Waals surface area contributed by atoms with Crippen molar-refractivity contribution in [3.63, 3.8) is 0 Å². The molecule has 2 aliphatic rings. The van der Waals surface area contributed by atoms with E-state index < -0.39 is 5.41 Å². The lowest BCUT2D eigenvalue weighted by molar-refractivity contribution is 0.668. The van der Waals surface area contributed by atoms with Crippen molar-refractivity contribution in [1.82, 2.24) is 15.0 Å². The van der Waals surface area contributed by atoms with Crippen LogP contribution in [0.5, 0.6) is 0 Å². The van der Waals surface area contributed by atoms with Crippen molar-refractivity contribution >= 4 is 55.2 Å². The van der Waals surface area contributed by atoms with Gasteiger partial charge in [-0.2, -0.15) is 0 Å². The molecule has 13 aromatic rings. The number of fused-ring (bicyclic) bond motifs is 16. The first kappa shape index (κ1) is 37.5. The molecule has 0 N–H and O–H groups in total. The number of aromatic nitrogens is 3. The number of hydrogen-bond donors (Lipinski definition) is 0. The maximum Gasteiger partial charge on any atom is 0.164 e. The zero-order valence-electron chi connectivity index (χ0n) is 36.3. The van der Waals surface area contributed by atoms with Crippen molar-refractivity contribution in [1.29, 1.82) is 0 Å². The van der Waals surface area contributed by atoms with E-state index in [-0.39, 0.29) is 0 Å². The fourth-order valence-electron chi connectivity index (χ4n) is 11.4. The van der Waals surface area contributed by atoms with Crippen LogP contribution in [-0.4, -0.2) is 15.0 Å². The Hall–Kier alpha value is -8.71. The van der Waals surface area contributed by atoms with Crippen molar-refractivity contribution in [3.8, 4) is 77.3 Å². The van der Waals surface area contributed by atoms with Crippen molar-refractivity contribution in [2.24, 2.45) is 0 Å². The molecule has 316 valence electrons. The van der Waals surface area contributed by atoms with Gasteiger partial charge in [0.05, 0.1) is 5.41 Å². The van der Waals surface area contributed by atoms with Crippen LogP contribution in [-0.2, 0) is 5.41 Å². The first-order valence-electron chi connectivity index (χ1n) is 22.9. The molecule has 4 heterocycles. The summed E-state index contributed by atoms with van der Waals surface area (Å²) in [6, 6.07) is 75.4. The summed E-state index contributed by atoms with van der Waals surface area (Å²) < 4.78 is 12.8. The summed E-state index contributed by atoms with van der Waals surface area (Å²) in [7, 11) is 0. The van der Waals surface area contributed by atoms with Crippen molar-refractivity contribution in [3.05, 3.63) is 235 Å². The standard InChI is InChI=1S/C62H35N3O2S/c1-3-16-36(17-4-1)57-55-45-23-8-12-26-48(45)62(56(55)58(68-57)37-18-5-2-6-19-37)47-25-11-7-22-44(47)54-46(24-15-27-49(54)62)61-64-59(38-30-32-42-40-20-9-13-28-50(40)66-52(42)34-38)63-60(65-61)39-31-33-43-41-21-10-14-29-51(41)67-53(43)35-39/h1-35H. The molecule has 9 aromatic carbocycles.